The van der Waals surface area contributed by atoms with Gasteiger partial charge in [-0.3, -0.25) is 9.47 Å². The normalized spacial score (nSPS) is 17.2. The molecule has 0 N–H and O–H groups in total. The Morgan fingerprint density at radius 2 is 2.19 bits per heavy atom. The van der Waals surface area contributed by atoms with Gasteiger partial charge in [0, 0.05) is 11.8 Å². The molecule has 0 spiro atoms. The van der Waals surface area contributed by atoms with Crippen molar-refractivity contribution in [2.75, 3.05) is 13.3 Å². The maximum absolute atomic E-state index is 12.5. The third-order valence-electron chi connectivity index (χ3n) is 3.75. The highest BCUT2D eigenvalue weighted by Crippen LogP contribution is 2.24. The van der Waals surface area contributed by atoms with Gasteiger partial charge >= 0.3 is 6.03 Å². The number of rotatable bonds is 1. The highest BCUT2D eigenvalue weighted by Gasteiger charge is 2.37. The van der Waals surface area contributed by atoms with Gasteiger partial charge in [0.25, 0.3) is 0 Å². The minimum Gasteiger partial charge on any atom is -0.359 e. The molecule has 1 amide bonds. The summed E-state index contributed by atoms with van der Waals surface area (Å²) in [6, 6.07) is 7.97. The third-order valence-corrected chi connectivity index (χ3v) is 3.75. The first-order chi connectivity index (χ1) is 9.97. The largest absolute Gasteiger partial charge is 0.359 e. The molecule has 0 atom stereocenters. The van der Waals surface area contributed by atoms with E-state index in [4.69, 9.17) is 4.74 Å². The number of hydrogen-bond donors (Lipinski definition) is 0. The Kier molecular flexibility index (Phi) is 3.29. The standard InChI is InChI=1S/C16H19N3O2/c1-12-5-4-6-13(7-12)14-8-18(10-17-14)15(20)19-11-21-9-16(19,2)3/h4-8,10H,9,11H2,1-3H3. The van der Waals surface area contributed by atoms with E-state index >= 15 is 0 Å². The summed E-state index contributed by atoms with van der Waals surface area (Å²) in [5.41, 5.74) is 2.69. The second-order valence-electron chi connectivity index (χ2n) is 6.04. The van der Waals surface area contributed by atoms with Crippen LogP contribution in [-0.2, 0) is 4.74 Å². The van der Waals surface area contributed by atoms with Gasteiger partial charge in [-0.05, 0) is 26.8 Å². The van der Waals surface area contributed by atoms with Gasteiger partial charge in [-0.1, -0.05) is 23.8 Å². The first-order valence-corrected chi connectivity index (χ1v) is 6.98. The Balaban J connectivity index is 1.87. The van der Waals surface area contributed by atoms with E-state index in [1.165, 1.54) is 10.1 Å². The topological polar surface area (TPSA) is 47.4 Å². The fourth-order valence-corrected chi connectivity index (χ4v) is 2.47. The molecule has 2 aromatic rings. The lowest BCUT2D eigenvalue weighted by atomic mass is 10.1. The van der Waals surface area contributed by atoms with Gasteiger partial charge in [0.2, 0.25) is 0 Å². The number of hydrogen-bond acceptors (Lipinski definition) is 3. The smallest absolute Gasteiger partial charge is 0.331 e. The number of amides is 1. The van der Waals surface area contributed by atoms with E-state index in [0.717, 1.165) is 11.3 Å². The van der Waals surface area contributed by atoms with Crippen LogP contribution in [-0.4, -0.2) is 39.4 Å². The molecular weight excluding hydrogens is 266 g/mol. The summed E-state index contributed by atoms with van der Waals surface area (Å²) in [5, 5.41) is 0. The number of aromatic nitrogens is 2. The lowest BCUT2D eigenvalue weighted by Crippen LogP contribution is -2.45. The predicted octanol–water partition coefficient (Wildman–Crippen LogP) is 2.89. The molecule has 1 aromatic heterocycles. The van der Waals surface area contributed by atoms with Crippen LogP contribution in [0.2, 0.25) is 0 Å². The quantitative estimate of drug-likeness (QED) is 0.809. The monoisotopic (exact) mass is 285 g/mol. The number of carbonyl (C=O) groups is 1. The molecule has 3 rings (SSSR count). The predicted molar refractivity (Wildman–Crippen MR) is 79.9 cm³/mol. The first kappa shape index (κ1) is 13.8. The van der Waals surface area contributed by atoms with Crippen molar-refractivity contribution in [3.05, 3.63) is 42.4 Å². The van der Waals surface area contributed by atoms with E-state index in [-0.39, 0.29) is 11.6 Å². The van der Waals surface area contributed by atoms with Crippen LogP contribution in [0.5, 0.6) is 0 Å². The van der Waals surface area contributed by atoms with Gasteiger partial charge < -0.3 is 4.74 Å². The van der Waals surface area contributed by atoms with E-state index in [1.54, 1.807) is 17.4 Å². The molecule has 0 bridgehead atoms. The number of nitrogens with zero attached hydrogens (tertiary/aromatic N) is 3. The Morgan fingerprint density at radius 1 is 1.38 bits per heavy atom. The minimum absolute atomic E-state index is 0.107. The van der Waals surface area contributed by atoms with Crippen LogP contribution in [0.15, 0.2) is 36.8 Å². The molecule has 2 heterocycles. The summed E-state index contributed by atoms with van der Waals surface area (Å²) in [6.45, 7) is 6.91. The molecular formula is C16H19N3O2. The van der Waals surface area contributed by atoms with Crippen molar-refractivity contribution >= 4 is 6.03 Å². The summed E-state index contributed by atoms with van der Waals surface area (Å²) in [5.74, 6) is 0. The van der Waals surface area contributed by atoms with Gasteiger partial charge in [0.15, 0.2) is 0 Å². The number of aryl methyl sites for hydroxylation is 1. The molecule has 0 unspecified atom stereocenters. The molecule has 0 radical (unpaired) electrons. The Hall–Kier alpha value is -2.14. The summed E-state index contributed by atoms with van der Waals surface area (Å²) in [7, 11) is 0. The lowest BCUT2D eigenvalue weighted by molar-refractivity contribution is 0.140. The summed E-state index contributed by atoms with van der Waals surface area (Å²) in [4.78, 5) is 18.6. The zero-order chi connectivity index (χ0) is 15.0. The van der Waals surface area contributed by atoms with Crippen LogP contribution >= 0.6 is 0 Å². The molecule has 0 aliphatic carbocycles. The van der Waals surface area contributed by atoms with Crippen LogP contribution in [0.25, 0.3) is 11.3 Å². The second-order valence-corrected chi connectivity index (χ2v) is 6.04. The second kappa shape index (κ2) is 5.00. The zero-order valence-electron chi connectivity index (χ0n) is 12.5. The van der Waals surface area contributed by atoms with Crippen molar-refractivity contribution in [2.24, 2.45) is 0 Å². The van der Waals surface area contributed by atoms with Crippen LogP contribution in [0.3, 0.4) is 0 Å². The number of benzene rings is 1. The van der Waals surface area contributed by atoms with Crippen molar-refractivity contribution in [3.8, 4) is 11.3 Å². The highest BCUT2D eigenvalue weighted by atomic mass is 16.5. The molecule has 5 nitrogen and oxygen atoms in total. The molecule has 1 fully saturated rings. The van der Waals surface area contributed by atoms with Crippen molar-refractivity contribution < 1.29 is 9.53 Å². The van der Waals surface area contributed by atoms with Crippen LogP contribution in [0.1, 0.15) is 19.4 Å². The van der Waals surface area contributed by atoms with Crippen LogP contribution < -0.4 is 0 Å². The molecule has 1 aliphatic heterocycles. The number of imidazole rings is 1. The van der Waals surface area contributed by atoms with Gasteiger partial charge in [0.1, 0.15) is 13.1 Å². The molecule has 21 heavy (non-hydrogen) atoms. The third kappa shape index (κ3) is 2.56. The maximum Gasteiger partial charge on any atom is 0.331 e. The van der Waals surface area contributed by atoms with E-state index in [0.29, 0.717) is 13.3 Å². The zero-order valence-corrected chi connectivity index (χ0v) is 12.5. The van der Waals surface area contributed by atoms with E-state index in [2.05, 4.69) is 11.1 Å². The molecule has 1 aromatic carbocycles. The van der Waals surface area contributed by atoms with Crippen LogP contribution in [0, 0.1) is 6.92 Å². The van der Waals surface area contributed by atoms with Crippen molar-refractivity contribution in [2.45, 2.75) is 26.3 Å². The average molecular weight is 285 g/mol. The van der Waals surface area contributed by atoms with E-state index < -0.39 is 0 Å². The highest BCUT2D eigenvalue weighted by molar-refractivity contribution is 5.79. The van der Waals surface area contributed by atoms with Gasteiger partial charge in [0.05, 0.1) is 17.8 Å². The molecule has 1 aliphatic rings. The lowest BCUT2D eigenvalue weighted by Gasteiger charge is -2.28. The average Bonchev–Trinajstić information content (AvgIpc) is 3.04. The number of carbonyl (C=O) groups excluding carboxylic acids is 1. The fraction of sp³-hybridized carbons (Fsp3) is 0.375. The van der Waals surface area contributed by atoms with E-state index in [9.17, 15) is 4.79 Å². The Morgan fingerprint density at radius 3 is 2.86 bits per heavy atom. The summed E-state index contributed by atoms with van der Waals surface area (Å²) >= 11 is 0. The van der Waals surface area contributed by atoms with Crippen molar-refractivity contribution in [1.82, 2.24) is 14.5 Å². The summed E-state index contributed by atoms with van der Waals surface area (Å²) in [6.07, 6.45) is 3.33. The Bertz CT molecular complexity index is 676. The fourth-order valence-electron chi connectivity index (χ4n) is 2.47. The number of ether oxygens (including phenoxy) is 1. The molecule has 0 saturated carbocycles. The minimum atomic E-state index is -0.287. The van der Waals surface area contributed by atoms with Gasteiger partial charge in [-0.25, -0.2) is 9.78 Å². The van der Waals surface area contributed by atoms with Gasteiger partial charge in [-0.2, -0.15) is 0 Å². The van der Waals surface area contributed by atoms with Crippen molar-refractivity contribution in [1.29, 1.82) is 0 Å². The SMILES string of the molecule is Cc1cccc(-c2cn(C(=O)N3COCC3(C)C)cn2)c1. The molecule has 1 saturated heterocycles. The van der Waals surface area contributed by atoms with Gasteiger partial charge in [-0.15, -0.1) is 0 Å². The Labute approximate surface area is 124 Å². The molecule has 5 heteroatoms. The van der Waals surface area contributed by atoms with E-state index in [1.807, 2.05) is 39.0 Å². The molecule has 110 valence electrons. The maximum atomic E-state index is 12.5. The van der Waals surface area contributed by atoms with Crippen LogP contribution in [0.4, 0.5) is 4.79 Å². The van der Waals surface area contributed by atoms with Crippen molar-refractivity contribution in [3.63, 3.8) is 0 Å². The summed E-state index contributed by atoms with van der Waals surface area (Å²) < 4.78 is 6.92. The first-order valence-electron chi connectivity index (χ1n) is 6.98.